The molecule has 7 heteroatoms. The van der Waals surface area contributed by atoms with Crippen molar-refractivity contribution in [1.82, 2.24) is 9.62 Å². The number of benzene rings is 1. The third kappa shape index (κ3) is 3.45. The highest BCUT2D eigenvalue weighted by atomic mass is 79.9. The molecule has 0 bridgehead atoms. The Morgan fingerprint density at radius 1 is 1.17 bits per heavy atom. The van der Waals surface area contributed by atoms with E-state index in [1.54, 1.807) is 22.5 Å². The lowest BCUT2D eigenvalue weighted by Crippen LogP contribution is -2.34. The van der Waals surface area contributed by atoms with Crippen LogP contribution in [0.3, 0.4) is 0 Å². The molecular formula is C11H16BrClN2O2S. The minimum absolute atomic E-state index is 0. The van der Waals surface area contributed by atoms with E-state index in [0.717, 1.165) is 13.0 Å². The zero-order chi connectivity index (χ0) is 12.3. The van der Waals surface area contributed by atoms with Crippen LogP contribution < -0.4 is 5.32 Å². The average molecular weight is 356 g/mol. The maximum atomic E-state index is 12.4. The van der Waals surface area contributed by atoms with Gasteiger partial charge in [-0.3, -0.25) is 0 Å². The van der Waals surface area contributed by atoms with Crippen molar-refractivity contribution in [3.63, 3.8) is 0 Å². The average Bonchev–Trinajstić information content (AvgIpc) is 2.58. The SMILES string of the molecule is Cl.O=S(=O)(c1ccccc1Br)N1CCCNCC1. The summed E-state index contributed by atoms with van der Waals surface area (Å²) in [6.07, 6.45) is 0.851. The molecule has 0 unspecified atom stereocenters. The predicted octanol–water partition coefficient (Wildman–Crippen LogP) is 1.85. The van der Waals surface area contributed by atoms with Crippen LogP contribution in [0.15, 0.2) is 33.6 Å². The van der Waals surface area contributed by atoms with E-state index >= 15 is 0 Å². The standard InChI is InChI=1S/C11H15BrN2O2S.ClH/c12-10-4-1-2-5-11(10)17(15,16)14-8-3-6-13-7-9-14;/h1-2,4-5,13H,3,6-9H2;1H. The Balaban J connectivity index is 0.00000162. The van der Waals surface area contributed by atoms with Crippen LogP contribution in [-0.4, -0.2) is 38.9 Å². The summed E-state index contributed by atoms with van der Waals surface area (Å²) in [6.45, 7) is 2.70. The largest absolute Gasteiger partial charge is 0.315 e. The third-order valence-electron chi connectivity index (χ3n) is 2.75. The molecule has 2 rings (SSSR count). The Labute approximate surface area is 122 Å². The highest BCUT2D eigenvalue weighted by Crippen LogP contribution is 2.24. The Morgan fingerprint density at radius 3 is 2.61 bits per heavy atom. The Bertz CT molecular complexity index is 488. The molecule has 0 aliphatic carbocycles. The lowest BCUT2D eigenvalue weighted by molar-refractivity contribution is 0.431. The highest BCUT2D eigenvalue weighted by Gasteiger charge is 2.26. The second-order valence-corrected chi connectivity index (χ2v) is 6.70. The van der Waals surface area contributed by atoms with Gasteiger partial charge in [0, 0.05) is 24.1 Å². The van der Waals surface area contributed by atoms with Gasteiger partial charge in [0.25, 0.3) is 0 Å². The van der Waals surface area contributed by atoms with Crippen LogP contribution in [0.4, 0.5) is 0 Å². The van der Waals surface area contributed by atoms with Gasteiger partial charge in [0.05, 0.1) is 4.90 Å². The van der Waals surface area contributed by atoms with Crippen LogP contribution in [0, 0.1) is 0 Å². The maximum absolute atomic E-state index is 12.4. The smallest absolute Gasteiger partial charge is 0.244 e. The summed E-state index contributed by atoms with van der Waals surface area (Å²) in [6, 6.07) is 6.95. The minimum Gasteiger partial charge on any atom is -0.315 e. The molecule has 1 aromatic rings. The van der Waals surface area contributed by atoms with E-state index in [2.05, 4.69) is 21.2 Å². The number of rotatable bonds is 2. The molecule has 0 saturated carbocycles. The molecule has 0 spiro atoms. The number of hydrogen-bond donors (Lipinski definition) is 1. The molecule has 1 aliphatic rings. The summed E-state index contributed by atoms with van der Waals surface area (Å²) in [5.41, 5.74) is 0. The van der Waals surface area contributed by atoms with Crippen LogP contribution in [0.2, 0.25) is 0 Å². The molecule has 0 amide bonds. The molecule has 102 valence electrons. The molecule has 4 nitrogen and oxygen atoms in total. The highest BCUT2D eigenvalue weighted by molar-refractivity contribution is 9.10. The number of hydrogen-bond acceptors (Lipinski definition) is 3. The van der Waals surface area contributed by atoms with Gasteiger partial charge in [-0.2, -0.15) is 4.31 Å². The van der Waals surface area contributed by atoms with Crippen molar-refractivity contribution in [2.75, 3.05) is 26.2 Å². The molecule has 1 heterocycles. The first-order chi connectivity index (χ1) is 8.12. The van der Waals surface area contributed by atoms with E-state index in [4.69, 9.17) is 0 Å². The Morgan fingerprint density at radius 2 is 1.89 bits per heavy atom. The quantitative estimate of drug-likeness (QED) is 0.881. The summed E-state index contributed by atoms with van der Waals surface area (Å²) in [5, 5.41) is 3.20. The molecule has 1 N–H and O–H groups in total. The van der Waals surface area contributed by atoms with Crippen molar-refractivity contribution in [3.05, 3.63) is 28.7 Å². The number of sulfonamides is 1. The molecule has 1 saturated heterocycles. The first kappa shape index (κ1) is 15.9. The second kappa shape index (κ2) is 6.86. The molecule has 0 aromatic heterocycles. The fourth-order valence-corrected chi connectivity index (χ4v) is 4.30. The molecular weight excluding hydrogens is 340 g/mol. The van der Waals surface area contributed by atoms with E-state index in [9.17, 15) is 8.42 Å². The van der Waals surface area contributed by atoms with Gasteiger partial charge >= 0.3 is 0 Å². The van der Waals surface area contributed by atoms with E-state index in [1.165, 1.54) is 0 Å². The first-order valence-corrected chi connectivity index (χ1v) is 7.81. The normalized spacial score (nSPS) is 17.8. The Hall–Kier alpha value is -0.140. The van der Waals surface area contributed by atoms with E-state index < -0.39 is 10.0 Å². The fourth-order valence-electron chi connectivity index (χ4n) is 1.85. The van der Waals surface area contributed by atoms with Gasteiger partial charge in [0.15, 0.2) is 0 Å². The zero-order valence-electron chi connectivity index (χ0n) is 9.80. The van der Waals surface area contributed by atoms with Crippen molar-refractivity contribution in [3.8, 4) is 0 Å². The van der Waals surface area contributed by atoms with Crippen LogP contribution in [0.1, 0.15) is 6.42 Å². The van der Waals surface area contributed by atoms with Crippen LogP contribution in [0.5, 0.6) is 0 Å². The van der Waals surface area contributed by atoms with E-state index in [0.29, 0.717) is 29.0 Å². The van der Waals surface area contributed by atoms with Crippen LogP contribution in [-0.2, 0) is 10.0 Å². The van der Waals surface area contributed by atoms with Gasteiger partial charge in [-0.1, -0.05) is 12.1 Å². The molecule has 1 fully saturated rings. The van der Waals surface area contributed by atoms with Crippen molar-refractivity contribution >= 4 is 38.4 Å². The summed E-state index contributed by atoms with van der Waals surface area (Å²) in [7, 11) is -3.37. The lowest BCUT2D eigenvalue weighted by Gasteiger charge is -2.20. The third-order valence-corrected chi connectivity index (χ3v) is 5.66. The van der Waals surface area contributed by atoms with Gasteiger partial charge < -0.3 is 5.32 Å². The maximum Gasteiger partial charge on any atom is 0.244 e. The van der Waals surface area contributed by atoms with Crippen molar-refractivity contribution < 1.29 is 8.42 Å². The van der Waals surface area contributed by atoms with Gasteiger partial charge in [0.2, 0.25) is 10.0 Å². The number of halogens is 2. The summed E-state index contributed by atoms with van der Waals surface area (Å²) >= 11 is 3.30. The van der Waals surface area contributed by atoms with Crippen LogP contribution >= 0.6 is 28.3 Å². The lowest BCUT2D eigenvalue weighted by atomic mass is 10.4. The van der Waals surface area contributed by atoms with E-state index in [-0.39, 0.29) is 12.4 Å². The van der Waals surface area contributed by atoms with Gasteiger partial charge in [-0.25, -0.2) is 8.42 Å². The van der Waals surface area contributed by atoms with Gasteiger partial charge in [-0.05, 0) is 41.0 Å². The van der Waals surface area contributed by atoms with Gasteiger partial charge in [-0.15, -0.1) is 12.4 Å². The molecule has 18 heavy (non-hydrogen) atoms. The van der Waals surface area contributed by atoms with Crippen molar-refractivity contribution in [2.45, 2.75) is 11.3 Å². The van der Waals surface area contributed by atoms with Crippen LogP contribution in [0.25, 0.3) is 0 Å². The monoisotopic (exact) mass is 354 g/mol. The summed E-state index contributed by atoms with van der Waals surface area (Å²) in [5.74, 6) is 0. The second-order valence-electron chi connectivity index (χ2n) is 3.94. The summed E-state index contributed by atoms with van der Waals surface area (Å²) in [4.78, 5) is 0.349. The molecule has 1 aromatic carbocycles. The molecule has 0 atom stereocenters. The summed E-state index contributed by atoms with van der Waals surface area (Å²) < 4.78 is 27.0. The Kier molecular flexibility index (Phi) is 6.07. The topological polar surface area (TPSA) is 49.4 Å². The predicted molar refractivity (Wildman–Crippen MR) is 77.6 cm³/mol. The van der Waals surface area contributed by atoms with Gasteiger partial charge in [0.1, 0.15) is 0 Å². The van der Waals surface area contributed by atoms with Crippen molar-refractivity contribution in [2.24, 2.45) is 0 Å². The molecule has 0 radical (unpaired) electrons. The first-order valence-electron chi connectivity index (χ1n) is 5.58. The number of nitrogens with one attached hydrogen (secondary N) is 1. The zero-order valence-corrected chi connectivity index (χ0v) is 13.0. The van der Waals surface area contributed by atoms with Crippen molar-refractivity contribution in [1.29, 1.82) is 0 Å². The fraction of sp³-hybridized carbons (Fsp3) is 0.455. The van der Waals surface area contributed by atoms with E-state index in [1.807, 2.05) is 6.07 Å². The minimum atomic E-state index is -3.37. The molecule has 1 aliphatic heterocycles. The number of nitrogens with zero attached hydrogens (tertiary/aromatic N) is 1.